The van der Waals surface area contributed by atoms with E-state index in [1.54, 1.807) is 0 Å². The molecule has 2 heterocycles. The average molecular weight is 296 g/mol. The zero-order chi connectivity index (χ0) is 15.3. The lowest BCUT2D eigenvalue weighted by atomic mass is 9.80. The summed E-state index contributed by atoms with van der Waals surface area (Å²) in [5.74, 6) is -0.107. The second-order valence-corrected chi connectivity index (χ2v) is 6.25. The SMILES string of the molecule is [C-]#[N+][C@@H]1C[C@@]2(CN1C(=O)NC1CC1)C(=O)Nc1ccccc12. The predicted molar refractivity (Wildman–Crippen MR) is 80.0 cm³/mol. The second kappa shape index (κ2) is 4.47. The van der Waals surface area contributed by atoms with Crippen LogP contribution in [0.15, 0.2) is 24.3 Å². The second-order valence-electron chi connectivity index (χ2n) is 6.25. The standard InChI is InChI=1S/C16H16N4O2/c1-17-13-8-16(9-20(13)15(22)18-10-6-7-10)11-4-2-3-5-12(11)19-14(16)21/h2-5,10,13H,6-9H2,(H,18,22)(H,19,21)/t13-,16-/m0/s1. The van der Waals surface area contributed by atoms with Crippen molar-refractivity contribution in [3.63, 3.8) is 0 Å². The number of carbonyl (C=O) groups excluding carboxylic acids is 2. The Bertz CT molecular complexity index is 706. The number of amides is 3. The first kappa shape index (κ1) is 13.1. The topological polar surface area (TPSA) is 65.8 Å². The third kappa shape index (κ3) is 1.78. The summed E-state index contributed by atoms with van der Waals surface area (Å²) in [5.41, 5.74) is 0.906. The average Bonchev–Trinajstić information content (AvgIpc) is 3.17. The molecule has 0 unspecified atom stereocenters. The maximum absolute atomic E-state index is 12.5. The van der Waals surface area contributed by atoms with Crippen LogP contribution in [0.1, 0.15) is 24.8 Å². The van der Waals surface area contributed by atoms with E-state index in [-0.39, 0.29) is 24.5 Å². The molecule has 6 heteroatoms. The van der Waals surface area contributed by atoms with Crippen LogP contribution in [0.5, 0.6) is 0 Å². The van der Waals surface area contributed by atoms with Crippen molar-refractivity contribution in [3.8, 4) is 0 Å². The molecule has 3 aliphatic rings. The number of fused-ring (bicyclic) bond motifs is 2. The number of nitrogens with one attached hydrogen (secondary N) is 2. The lowest BCUT2D eigenvalue weighted by Gasteiger charge is -2.21. The first-order valence-electron chi connectivity index (χ1n) is 7.49. The molecule has 2 aliphatic heterocycles. The number of rotatable bonds is 1. The summed E-state index contributed by atoms with van der Waals surface area (Å²) in [4.78, 5) is 30.0. The first-order valence-corrected chi connectivity index (χ1v) is 7.49. The van der Waals surface area contributed by atoms with Crippen molar-refractivity contribution in [2.45, 2.75) is 36.9 Å². The molecule has 1 saturated carbocycles. The van der Waals surface area contributed by atoms with E-state index in [2.05, 4.69) is 15.5 Å². The van der Waals surface area contributed by atoms with Crippen LogP contribution < -0.4 is 10.6 Å². The minimum Gasteiger partial charge on any atom is -0.335 e. The van der Waals surface area contributed by atoms with Crippen molar-refractivity contribution >= 4 is 17.6 Å². The van der Waals surface area contributed by atoms with E-state index in [4.69, 9.17) is 6.57 Å². The van der Waals surface area contributed by atoms with E-state index in [9.17, 15) is 9.59 Å². The van der Waals surface area contributed by atoms with Gasteiger partial charge >= 0.3 is 12.2 Å². The number of para-hydroxylation sites is 1. The van der Waals surface area contributed by atoms with E-state index < -0.39 is 11.6 Å². The molecule has 1 aromatic rings. The van der Waals surface area contributed by atoms with E-state index in [0.29, 0.717) is 6.42 Å². The zero-order valence-corrected chi connectivity index (χ0v) is 12.0. The Morgan fingerprint density at radius 1 is 1.41 bits per heavy atom. The molecule has 2 fully saturated rings. The molecule has 4 rings (SSSR count). The highest BCUT2D eigenvalue weighted by atomic mass is 16.2. The molecule has 2 N–H and O–H groups in total. The van der Waals surface area contributed by atoms with Crippen LogP contribution in [0.4, 0.5) is 10.5 Å². The smallest absolute Gasteiger partial charge is 0.323 e. The number of urea groups is 1. The minimum absolute atomic E-state index is 0.107. The summed E-state index contributed by atoms with van der Waals surface area (Å²) in [6.45, 7) is 7.66. The fraction of sp³-hybridized carbons (Fsp3) is 0.438. The largest absolute Gasteiger partial charge is 0.335 e. The summed E-state index contributed by atoms with van der Waals surface area (Å²) >= 11 is 0. The fourth-order valence-electron chi connectivity index (χ4n) is 3.42. The van der Waals surface area contributed by atoms with Crippen molar-refractivity contribution in [1.29, 1.82) is 0 Å². The summed E-state index contributed by atoms with van der Waals surface area (Å²) < 4.78 is 0. The van der Waals surface area contributed by atoms with Gasteiger partial charge < -0.3 is 10.6 Å². The number of anilines is 1. The van der Waals surface area contributed by atoms with Crippen LogP contribution in [0.3, 0.4) is 0 Å². The molecular weight excluding hydrogens is 280 g/mol. The normalized spacial score (nSPS) is 29.1. The molecule has 0 radical (unpaired) electrons. The van der Waals surface area contributed by atoms with Crippen LogP contribution >= 0.6 is 0 Å². The molecule has 0 aromatic heterocycles. The van der Waals surface area contributed by atoms with Gasteiger partial charge in [0.1, 0.15) is 5.41 Å². The summed E-state index contributed by atoms with van der Waals surface area (Å²) in [6, 6.07) is 7.55. The highest BCUT2D eigenvalue weighted by molar-refractivity contribution is 6.07. The molecule has 1 saturated heterocycles. The van der Waals surface area contributed by atoms with Gasteiger partial charge in [0.2, 0.25) is 5.91 Å². The van der Waals surface area contributed by atoms with Crippen molar-refractivity contribution in [1.82, 2.24) is 10.2 Å². The number of hydrogen-bond donors (Lipinski definition) is 2. The van der Waals surface area contributed by atoms with Gasteiger partial charge in [0, 0.05) is 18.3 Å². The summed E-state index contributed by atoms with van der Waals surface area (Å²) in [5, 5.41) is 5.80. The van der Waals surface area contributed by atoms with Gasteiger partial charge in [-0.1, -0.05) is 18.2 Å². The van der Waals surface area contributed by atoms with Gasteiger partial charge in [-0.05, 0) is 24.5 Å². The number of benzene rings is 1. The molecule has 6 nitrogen and oxygen atoms in total. The van der Waals surface area contributed by atoms with Crippen LogP contribution in [0.25, 0.3) is 4.85 Å². The Kier molecular flexibility index (Phi) is 2.67. The van der Waals surface area contributed by atoms with Gasteiger partial charge in [0.15, 0.2) is 0 Å². The zero-order valence-electron chi connectivity index (χ0n) is 12.0. The Hall–Kier alpha value is -2.55. The number of likely N-dealkylation sites (tertiary alicyclic amines) is 1. The van der Waals surface area contributed by atoms with E-state index >= 15 is 0 Å². The Morgan fingerprint density at radius 3 is 2.91 bits per heavy atom. The van der Waals surface area contributed by atoms with Crippen molar-refractivity contribution < 1.29 is 9.59 Å². The lowest BCUT2D eigenvalue weighted by Crippen LogP contribution is -2.45. The molecule has 3 amide bonds. The Labute approximate surface area is 128 Å². The molecule has 1 aromatic carbocycles. The molecule has 1 aliphatic carbocycles. The molecule has 112 valence electrons. The minimum atomic E-state index is -0.785. The van der Waals surface area contributed by atoms with Crippen molar-refractivity contribution in [2.75, 3.05) is 11.9 Å². The van der Waals surface area contributed by atoms with Crippen LogP contribution in [0, 0.1) is 6.57 Å². The van der Waals surface area contributed by atoms with Gasteiger partial charge in [-0.3, -0.25) is 14.5 Å². The van der Waals surface area contributed by atoms with E-state index in [1.807, 2.05) is 24.3 Å². The molecular formula is C16H16N4O2. The van der Waals surface area contributed by atoms with Crippen LogP contribution in [-0.4, -0.2) is 35.6 Å². The molecule has 2 atom stereocenters. The van der Waals surface area contributed by atoms with Gasteiger partial charge in [0.25, 0.3) is 0 Å². The number of nitrogens with zero attached hydrogens (tertiary/aromatic N) is 2. The highest BCUT2D eigenvalue weighted by Crippen LogP contribution is 2.46. The number of carbonyl (C=O) groups is 2. The first-order chi connectivity index (χ1) is 10.6. The maximum Gasteiger partial charge on any atom is 0.323 e. The van der Waals surface area contributed by atoms with Crippen LogP contribution in [0.2, 0.25) is 0 Å². The quantitative estimate of drug-likeness (QED) is 0.775. The van der Waals surface area contributed by atoms with Crippen molar-refractivity contribution in [2.24, 2.45) is 0 Å². The molecule has 1 spiro atoms. The Balaban J connectivity index is 1.68. The monoisotopic (exact) mass is 296 g/mol. The summed E-state index contributed by atoms with van der Waals surface area (Å²) in [6.07, 6.45) is 1.76. The van der Waals surface area contributed by atoms with Crippen LogP contribution in [-0.2, 0) is 10.2 Å². The summed E-state index contributed by atoms with van der Waals surface area (Å²) in [7, 11) is 0. The van der Waals surface area contributed by atoms with Gasteiger partial charge in [-0.25, -0.2) is 11.4 Å². The van der Waals surface area contributed by atoms with E-state index in [0.717, 1.165) is 24.1 Å². The van der Waals surface area contributed by atoms with Crippen molar-refractivity contribution in [3.05, 3.63) is 41.2 Å². The number of hydrogen-bond acceptors (Lipinski definition) is 2. The third-order valence-electron chi connectivity index (χ3n) is 4.77. The van der Waals surface area contributed by atoms with Gasteiger partial charge in [-0.2, -0.15) is 0 Å². The third-order valence-corrected chi connectivity index (χ3v) is 4.77. The van der Waals surface area contributed by atoms with Gasteiger partial charge in [0.05, 0.1) is 6.42 Å². The fourth-order valence-corrected chi connectivity index (χ4v) is 3.42. The molecule has 0 bridgehead atoms. The maximum atomic E-state index is 12.5. The van der Waals surface area contributed by atoms with E-state index in [1.165, 1.54) is 4.90 Å². The Morgan fingerprint density at radius 2 is 2.18 bits per heavy atom. The highest BCUT2D eigenvalue weighted by Gasteiger charge is 2.58. The van der Waals surface area contributed by atoms with Gasteiger partial charge in [-0.15, -0.1) is 0 Å². The lowest BCUT2D eigenvalue weighted by molar-refractivity contribution is -0.120. The predicted octanol–water partition coefficient (Wildman–Crippen LogP) is 1.70. The molecule has 22 heavy (non-hydrogen) atoms.